The molecule has 1 aromatic carbocycles. The van der Waals surface area contributed by atoms with E-state index in [2.05, 4.69) is 38.0 Å². The van der Waals surface area contributed by atoms with Crippen LogP contribution < -0.4 is 10.5 Å². The van der Waals surface area contributed by atoms with Crippen LogP contribution in [0.15, 0.2) is 41.0 Å². The second-order valence-corrected chi connectivity index (χ2v) is 6.39. The van der Waals surface area contributed by atoms with Crippen LogP contribution in [0.2, 0.25) is 0 Å². The zero-order chi connectivity index (χ0) is 16.2. The molecule has 2 aromatic heterocycles. The van der Waals surface area contributed by atoms with Gasteiger partial charge in [0.05, 0.1) is 18.4 Å². The van der Waals surface area contributed by atoms with Gasteiger partial charge in [-0.1, -0.05) is 15.9 Å². The number of halogens is 1. The smallest absolute Gasteiger partial charge is 0.222 e. The highest BCUT2D eigenvalue weighted by Gasteiger charge is 2.16. The van der Waals surface area contributed by atoms with Crippen molar-refractivity contribution in [3.63, 3.8) is 0 Å². The Bertz CT molecular complexity index is 813. The van der Waals surface area contributed by atoms with Gasteiger partial charge in [-0.05, 0) is 61.7 Å². The molecule has 0 aliphatic carbocycles. The lowest BCUT2D eigenvalue weighted by Crippen LogP contribution is -1.99. The number of unbranched alkanes of at least 4 members (excludes halogenated alkanes) is 1. The van der Waals surface area contributed by atoms with Crippen molar-refractivity contribution in [3.8, 4) is 17.1 Å². The first-order chi connectivity index (χ1) is 11.2. The van der Waals surface area contributed by atoms with E-state index in [0.29, 0.717) is 5.88 Å². The van der Waals surface area contributed by atoms with Crippen molar-refractivity contribution in [1.82, 2.24) is 9.97 Å². The fourth-order valence-corrected chi connectivity index (χ4v) is 3.26. The Morgan fingerprint density at radius 1 is 1.26 bits per heavy atom. The highest BCUT2D eigenvalue weighted by Crippen LogP contribution is 2.36. The minimum atomic E-state index is 0.637. The van der Waals surface area contributed by atoms with Crippen LogP contribution in [0, 0.1) is 0 Å². The van der Waals surface area contributed by atoms with Gasteiger partial charge in [0.25, 0.3) is 0 Å². The Kier molecular flexibility index (Phi) is 4.98. The molecule has 0 aliphatic rings. The lowest BCUT2D eigenvalue weighted by Gasteiger charge is -2.08. The maximum absolute atomic E-state index is 5.65. The van der Waals surface area contributed by atoms with Gasteiger partial charge in [-0.2, -0.15) is 0 Å². The summed E-state index contributed by atoms with van der Waals surface area (Å²) in [5.41, 5.74) is 10.1. The molecule has 0 radical (unpaired) electrons. The first-order valence-electron chi connectivity index (χ1n) is 7.74. The molecule has 0 atom stereocenters. The van der Waals surface area contributed by atoms with Crippen molar-refractivity contribution >= 4 is 26.8 Å². The number of benzene rings is 1. The Balaban J connectivity index is 2.16. The zero-order valence-electron chi connectivity index (χ0n) is 13.1. The summed E-state index contributed by atoms with van der Waals surface area (Å²) in [7, 11) is 1.65. The Labute approximate surface area is 144 Å². The maximum atomic E-state index is 5.65. The quantitative estimate of drug-likeness (QED) is 0.633. The van der Waals surface area contributed by atoms with Crippen LogP contribution in [0.25, 0.3) is 22.2 Å². The first-order valence-corrected chi connectivity index (χ1v) is 8.53. The number of nitrogens with zero attached hydrogens (tertiary/aromatic N) is 1. The lowest BCUT2D eigenvalue weighted by atomic mass is 10.0. The third-order valence-corrected chi connectivity index (χ3v) is 4.48. The van der Waals surface area contributed by atoms with E-state index in [4.69, 9.17) is 10.5 Å². The van der Waals surface area contributed by atoms with Gasteiger partial charge in [0, 0.05) is 21.6 Å². The molecule has 2 heterocycles. The van der Waals surface area contributed by atoms with E-state index in [1.807, 2.05) is 18.2 Å². The maximum Gasteiger partial charge on any atom is 0.222 e. The average Bonchev–Trinajstić information content (AvgIpc) is 2.93. The molecule has 0 amide bonds. The predicted octanol–water partition coefficient (Wildman–Crippen LogP) is 4.28. The number of ether oxygens (including phenoxy) is 1. The third-order valence-electron chi connectivity index (χ3n) is 3.98. The molecule has 0 spiro atoms. The largest absolute Gasteiger partial charge is 0.481 e. The number of H-pyrrole nitrogens is 1. The number of fused-ring (bicyclic) bond motifs is 1. The van der Waals surface area contributed by atoms with Crippen molar-refractivity contribution in [3.05, 3.63) is 46.6 Å². The molecule has 0 bridgehead atoms. The van der Waals surface area contributed by atoms with Crippen molar-refractivity contribution in [1.29, 1.82) is 0 Å². The van der Waals surface area contributed by atoms with Gasteiger partial charge in [-0.15, -0.1) is 0 Å². The summed E-state index contributed by atoms with van der Waals surface area (Å²) in [6, 6.07) is 10.3. The number of hydrogen-bond donors (Lipinski definition) is 2. The van der Waals surface area contributed by atoms with Crippen molar-refractivity contribution < 1.29 is 4.74 Å². The second-order valence-electron chi connectivity index (χ2n) is 5.47. The summed E-state index contributed by atoms with van der Waals surface area (Å²) < 4.78 is 6.52. The van der Waals surface area contributed by atoms with Crippen LogP contribution in [-0.2, 0) is 6.42 Å². The summed E-state index contributed by atoms with van der Waals surface area (Å²) in [6.45, 7) is 0.720. The fourth-order valence-electron chi connectivity index (χ4n) is 2.90. The number of pyridine rings is 1. The summed E-state index contributed by atoms with van der Waals surface area (Å²) in [6.07, 6.45) is 4.80. The van der Waals surface area contributed by atoms with E-state index < -0.39 is 0 Å². The summed E-state index contributed by atoms with van der Waals surface area (Å²) in [4.78, 5) is 7.86. The van der Waals surface area contributed by atoms with Crippen LogP contribution in [0.1, 0.15) is 18.4 Å². The molecular weight excluding hydrogens is 354 g/mol. The molecule has 5 heteroatoms. The van der Waals surface area contributed by atoms with Crippen LogP contribution >= 0.6 is 15.9 Å². The van der Waals surface area contributed by atoms with Crippen molar-refractivity contribution in [2.75, 3.05) is 13.7 Å². The van der Waals surface area contributed by atoms with Gasteiger partial charge in [-0.3, -0.25) is 0 Å². The van der Waals surface area contributed by atoms with Crippen LogP contribution in [0.3, 0.4) is 0 Å². The highest BCUT2D eigenvalue weighted by molar-refractivity contribution is 9.10. The highest BCUT2D eigenvalue weighted by atomic mass is 79.9. The van der Waals surface area contributed by atoms with Crippen molar-refractivity contribution in [2.24, 2.45) is 5.73 Å². The average molecular weight is 374 g/mol. The standard InChI is InChI=1S/C18H20BrN3O/c1-23-18-14(6-4-10-21-18)17-13(5-2-3-9-20)15-11-12(19)7-8-16(15)22-17/h4,6-8,10-11,22H,2-3,5,9,20H2,1H3. The molecule has 0 saturated carbocycles. The van der Waals surface area contributed by atoms with Crippen molar-refractivity contribution in [2.45, 2.75) is 19.3 Å². The Morgan fingerprint density at radius 2 is 2.13 bits per heavy atom. The first kappa shape index (κ1) is 16.0. The van der Waals surface area contributed by atoms with Gasteiger partial charge >= 0.3 is 0 Å². The lowest BCUT2D eigenvalue weighted by molar-refractivity contribution is 0.399. The van der Waals surface area contributed by atoms with Gasteiger partial charge in [0.1, 0.15) is 0 Å². The van der Waals surface area contributed by atoms with E-state index in [-0.39, 0.29) is 0 Å². The molecule has 3 N–H and O–H groups in total. The molecular formula is C18H20BrN3O. The molecule has 0 unspecified atom stereocenters. The van der Waals surface area contributed by atoms with Crippen LogP contribution in [-0.4, -0.2) is 23.6 Å². The zero-order valence-corrected chi connectivity index (χ0v) is 14.7. The topological polar surface area (TPSA) is 63.9 Å². The molecule has 0 aliphatic heterocycles. The van der Waals surface area contributed by atoms with Gasteiger partial charge in [-0.25, -0.2) is 4.98 Å². The van der Waals surface area contributed by atoms with E-state index in [0.717, 1.165) is 47.1 Å². The number of methoxy groups -OCH3 is 1. The number of aromatic amines is 1. The summed E-state index contributed by atoms with van der Waals surface area (Å²) in [5.74, 6) is 0.637. The normalized spacial score (nSPS) is 11.1. The SMILES string of the molecule is COc1ncccc1-c1[nH]c2ccc(Br)cc2c1CCCCN. The minimum Gasteiger partial charge on any atom is -0.481 e. The fraction of sp³-hybridized carbons (Fsp3) is 0.278. The van der Waals surface area contributed by atoms with Crippen LogP contribution in [0.4, 0.5) is 0 Å². The monoisotopic (exact) mass is 373 g/mol. The van der Waals surface area contributed by atoms with E-state index in [1.54, 1.807) is 13.3 Å². The summed E-state index contributed by atoms with van der Waals surface area (Å²) in [5, 5.41) is 1.23. The van der Waals surface area contributed by atoms with E-state index in [1.165, 1.54) is 10.9 Å². The van der Waals surface area contributed by atoms with Gasteiger partial charge < -0.3 is 15.5 Å². The van der Waals surface area contributed by atoms with Crippen LogP contribution in [0.5, 0.6) is 5.88 Å². The van der Waals surface area contributed by atoms with E-state index in [9.17, 15) is 0 Å². The molecule has 23 heavy (non-hydrogen) atoms. The van der Waals surface area contributed by atoms with Gasteiger partial charge in [0.2, 0.25) is 5.88 Å². The number of nitrogens with one attached hydrogen (secondary N) is 1. The molecule has 3 rings (SSSR count). The minimum absolute atomic E-state index is 0.637. The second kappa shape index (κ2) is 7.15. The molecule has 4 nitrogen and oxygen atoms in total. The Hall–Kier alpha value is -1.85. The molecule has 3 aromatic rings. The molecule has 0 fully saturated rings. The number of hydrogen-bond acceptors (Lipinski definition) is 3. The molecule has 0 saturated heterocycles. The Morgan fingerprint density at radius 3 is 2.91 bits per heavy atom. The predicted molar refractivity (Wildman–Crippen MR) is 97.8 cm³/mol. The number of aromatic nitrogens is 2. The number of aryl methyl sites for hydroxylation is 1. The third kappa shape index (κ3) is 3.26. The van der Waals surface area contributed by atoms with E-state index >= 15 is 0 Å². The molecule has 120 valence electrons. The summed E-state index contributed by atoms with van der Waals surface area (Å²) >= 11 is 3.57. The van der Waals surface area contributed by atoms with Gasteiger partial charge in [0.15, 0.2) is 0 Å². The number of rotatable bonds is 6. The number of nitrogens with two attached hydrogens (primary N) is 1.